The molecule has 0 unspecified atom stereocenters. The van der Waals surface area contributed by atoms with Crippen LogP contribution >= 0.6 is 0 Å². The van der Waals surface area contributed by atoms with Crippen LogP contribution in [0.5, 0.6) is 0 Å². The molecule has 19 heavy (non-hydrogen) atoms. The van der Waals surface area contributed by atoms with Gasteiger partial charge >= 0.3 is 0 Å². The lowest BCUT2D eigenvalue weighted by Gasteiger charge is -2.47. The van der Waals surface area contributed by atoms with Crippen molar-refractivity contribution in [3.63, 3.8) is 0 Å². The van der Waals surface area contributed by atoms with Crippen LogP contribution in [0, 0.1) is 11.3 Å². The van der Waals surface area contributed by atoms with Gasteiger partial charge in [-0.3, -0.25) is 4.99 Å². The van der Waals surface area contributed by atoms with Crippen LogP contribution in [0.15, 0.2) is 4.99 Å². The van der Waals surface area contributed by atoms with Crippen LogP contribution in [0.2, 0.25) is 0 Å². The molecule has 3 nitrogen and oxygen atoms in total. The number of hydrogen-bond acceptors (Lipinski definition) is 3. The Morgan fingerprint density at radius 1 is 1.26 bits per heavy atom. The number of aliphatic imine (C=N–C) groups is 1. The molecule has 3 aliphatic rings. The maximum atomic E-state index is 6.15. The molecule has 2 saturated carbocycles. The Kier molecular flexibility index (Phi) is 3.06. The zero-order valence-electron chi connectivity index (χ0n) is 12.8. The van der Waals surface area contributed by atoms with Crippen LogP contribution in [0.25, 0.3) is 0 Å². The Morgan fingerprint density at radius 2 is 1.89 bits per heavy atom. The average Bonchev–Trinajstić information content (AvgIpc) is 3.17. The summed E-state index contributed by atoms with van der Waals surface area (Å²) in [7, 11) is 0. The number of nitrogens with two attached hydrogens (primary N) is 1. The Bertz CT molecular complexity index is 373. The summed E-state index contributed by atoms with van der Waals surface area (Å²) in [6.45, 7) is 8.16. The second-order valence-corrected chi connectivity index (χ2v) is 7.62. The first-order chi connectivity index (χ1) is 8.98. The molecule has 2 fully saturated rings. The molecule has 2 N–H and O–H groups in total. The van der Waals surface area contributed by atoms with Gasteiger partial charge in [0.15, 0.2) is 5.96 Å². The highest BCUT2D eigenvalue weighted by Gasteiger charge is 2.51. The van der Waals surface area contributed by atoms with Gasteiger partial charge in [0, 0.05) is 6.04 Å². The van der Waals surface area contributed by atoms with E-state index in [1.165, 1.54) is 44.9 Å². The highest BCUT2D eigenvalue weighted by atomic mass is 15.4. The molecule has 0 atom stereocenters. The summed E-state index contributed by atoms with van der Waals surface area (Å²) in [6.07, 6.45) is 9.22. The Morgan fingerprint density at radius 3 is 2.42 bits per heavy atom. The predicted octanol–water partition coefficient (Wildman–Crippen LogP) is 3.14. The SMILES string of the molecule is CCC(C)(C)C1CCC2(CC1)CN=C(N)N2C1CC1. The van der Waals surface area contributed by atoms with Gasteiger partial charge in [-0.2, -0.15) is 0 Å². The Balaban J connectivity index is 1.69. The summed E-state index contributed by atoms with van der Waals surface area (Å²) in [6, 6.07) is 0.710. The van der Waals surface area contributed by atoms with Crippen LogP contribution in [-0.4, -0.2) is 29.0 Å². The van der Waals surface area contributed by atoms with E-state index in [0.29, 0.717) is 17.0 Å². The van der Waals surface area contributed by atoms with Crippen molar-refractivity contribution in [2.75, 3.05) is 6.54 Å². The normalized spacial score (nSPS) is 35.8. The summed E-state index contributed by atoms with van der Waals surface area (Å²) in [5, 5.41) is 0. The molecule has 108 valence electrons. The van der Waals surface area contributed by atoms with Gasteiger partial charge in [-0.15, -0.1) is 0 Å². The lowest BCUT2D eigenvalue weighted by Crippen LogP contribution is -2.55. The maximum Gasteiger partial charge on any atom is 0.192 e. The highest BCUT2D eigenvalue weighted by molar-refractivity contribution is 5.81. The molecule has 0 aromatic rings. The molecule has 3 rings (SSSR count). The summed E-state index contributed by atoms with van der Waals surface area (Å²) in [4.78, 5) is 7.09. The van der Waals surface area contributed by atoms with Crippen molar-refractivity contribution in [2.24, 2.45) is 22.1 Å². The number of nitrogens with zero attached hydrogens (tertiary/aromatic N) is 2. The number of rotatable bonds is 3. The lowest BCUT2D eigenvalue weighted by molar-refractivity contribution is 0.0615. The molecule has 0 bridgehead atoms. The quantitative estimate of drug-likeness (QED) is 0.850. The van der Waals surface area contributed by atoms with E-state index in [1.54, 1.807) is 0 Å². The minimum atomic E-state index is 0.297. The third-order valence-electron chi connectivity index (χ3n) is 6.14. The molecule has 1 heterocycles. The zero-order valence-corrected chi connectivity index (χ0v) is 12.8. The van der Waals surface area contributed by atoms with Crippen molar-refractivity contribution < 1.29 is 0 Å². The standard InChI is InChI=1S/C16H29N3/c1-4-15(2,3)12-7-9-16(10-8-12)11-18-14(17)19(16)13-5-6-13/h12-13H,4-11H2,1-3H3,(H2,17,18). The summed E-state index contributed by atoms with van der Waals surface area (Å²) in [5.74, 6) is 1.71. The second-order valence-electron chi connectivity index (χ2n) is 7.62. The van der Waals surface area contributed by atoms with E-state index in [1.807, 2.05) is 0 Å². The van der Waals surface area contributed by atoms with Crippen molar-refractivity contribution in [2.45, 2.75) is 77.3 Å². The maximum absolute atomic E-state index is 6.15. The summed E-state index contributed by atoms with van der Waals surface area (Å²) in [5.41, 5.74) is 6.94. The van der Waals surface area contributed by atoms with E-state index in [-0.39, 0.29) is 0 Å². The van der Waals surface area contributed by atoms with Crippen molar-refractivity contribution >= 4 is 5.96 Å². The molecule has 0 amide bonds. The van der Waals surface area contributed by atoms with Gasteiger partial charge < -0.3 is 10.6 Å². The predicted molar refractivity (Wildman–Crippen MR) is 80.1 cm³/mol. The molecule has 0 aromatic heterocycles. The molecule has 0 aromatic carbocycles. The Labute approximate surface area is 117 Å². The third kappa shape index (κ3) is 2.15. The summed E-state index contributed by atoms with van der Waals surface area (Å²) < 4.78 is 0. The zero-order chi connectivity index (χ0) is 13.7. The first-order valence-electron chi connectivity index (χ1n) is 8.08. The van der Waals surface area contributed by atoms with Crippen LogP contribution in [0.4, 0.5) is 0 Å². The van der Waals surface area contributed by atoms with Crippen LogP contribution in [0.3, 0.4) is 0 Å². The largest absolute Gasteiger partial charge is 0.370 e. The molecular formula is C16H29N3. The monoisotopic (exact) mass is 263 g/mol. The first kappa shape index (κ1) is 13.3. The molecule has 2 aliphatic carbocycles. The van der Waals surface area contributed by atoms with Gasteiger partial charge in [0.1, 0.15) is 0 Å². The van der Waals surface area contributed by atoms with Crippen LogP contribution < -0.4 is 5.73 Å². The van der Waals surface area contributed by atoms with E-state index in [0.717, 1.165) is 18.4 Å². The minimum Gasteiger partial charge on any atom is -0.370 e. The smallest absolute Gasteiger partial charge is 0.192 e. The van der Waals surface area contributed by atoms with Crippen LogP contribution in [0.1, 0.15) is 65.7 Å². The van der Waals surface area contributed by atoms with E-state index < -0.39 is 0 Å². The van der Waals surface area contributed by atoms with E-state index in [2.05, 4.69) is 30.7 Å². The third-order valence-corrected chi connectivity index (χ3v) is 6.14. The first-order valence-corrected chi connectivity index (χ1v) is 8.08. The fourth-order valence-corrected chi connectivity index (χ4v) is 4.15. The van der Waals surface area contributed by atoms with Gasteiger partial charge in [0.2, 0.25) is 0 Å². The fraction of sp³-hybridized carbons (Fsp3) is 0.938. The fourth-order valence-electron chi connectivity index (χ4n) is 4.15. The van der Waals surface area contributed by atoms with Crippen molar-refractivity contribution in [3.8, 4) is 0 Å². The van der Waals surface area contributed by atoms with Gasteiger partial charge in [-0.1, -0.05) is 27.2 Å². The number of guanidine groups is 1. The van der Waals surface area contributed by atoms with Crippen LogP contribution in [-0.2, 0) is 0 Å². The van der Waals surface area contributed by atoms with E-state index in [4.69, 9.17) is 5.73 Å². The van der Waals surface area contributed by atoms with Crippen molar-refractivity contribution in [1.29, 1.82) is 0 Å². The van der Waals surface area contributed by atoms with Gasteiger partial charge in [-0.05, 0) is 49.9 Å². The molecule has 1 spiro atoms. The highest BCUT2D eigenvalue weighted by Crippen LogP contribution is 2.49. The van der Waals surface area contributed by atoms with Crippen molar-refractivity contribution in [3.05, 3.63) is 0 Å². The molecule has 0 radical (unpaired) electrons. The van der Waals surface area contributed by atoms with Gasteiger partial charge in [-0.25, -0.2) is 0 Å². The molecule has 3 heteroatoms. The van der Waals surface area contributed by atoms with E-state index in [9.17, 15) is 0 Å². The minimum absolute atomic E-state index is 0.297. The second kappa shape index (κ2) is 4.39. The molecular weight excluding hydrogens is 234 g/mol. The summed E-state index contributed by atoms with van der Waals surface area (Å²) >= 11 is 0. The lowest BCUT2D eigenvalue weighted by atomic mass is 9.65. The molecule has 1 aliphatic heterocycles. The Hall–Kier alpha value is -0.730. The van der Waals surface area contributed by atoms with Gasteiger partial charge in [0.25, 0.3) is 0 Å². The molecule has 0 saturated heterocycles. The van der Waals surface area contributed by atoms with Crippen molar-refractivity contribution in [1.82, 2.24) is 4.90 Å². The van der Waals surface area contributed by atoms with E-state index >= 15 is 0 Å². The average molecular weight is 263 g/mol. The topological polar surface area (TPSA) is 41.6 Å². The van der Waals surface area contributed by atoms with Gasteiger partial charge in [0.05, 0.1) is 12.1 Å². The number of hydrogen-bond donors (Lipinski definition) is 1.